The monoisotopic (exact) mass is 267 g/mol. The minimum atomic E-state index is -0.887. The van der Waals surface area contributed by atoms with Crippen molar-refractivity contribution in [3.63, 3.8) is 0 Å². The van der Waals surface area contributed by atoms with Gasteiger partial charge in [0.05, 0.1) is 0 Å². The molecule has 0 heterocycles. The molecule has 1 atom stereocenters. The van der Waals surface area contributed by atoms with Crippen LogP contribution >= 0.6 is 0 Å². The third-order valence-corrected chi connectivity index (χ3v) is 4.74. The van der Waals surface area contributed by atoms with E-state index in [1.54, 1.807) is 11.8 Å². The van der Waals surface area contributed by atoms with Gasteiger partial charge in [-0.2, -0.15) is 0 Å². The molecule has 108 valence electrons. The van der Waals surface area contributed by atoms with E-state index in [2.05, 4.69) is 6.92 Å². The number of carboxylic acid groups (broad SMARTS) is 1. The Morgan fingerprint density at radius 1 is 1.16 bits per heavy atom. The molecule has 0 aromatic carbocycles. The van der Waals surface area contributed by atoms with Crippen molar-refractivity contribution in [2.24, 2.45) is 11.8 Å². The number of rotatable bonds is 5. The lowest BCUT2D eigenvalue weighted by atomic mass is 9.80. The van der Waals surface area contributed by atoms with Gasteiger partial charge in [0.15, 0.2) is 0 Å². The van der Waals surface area contributed by atoms with Gasteiger partial charge in [0.1, 0.15) is 6.04 Å². The van der Waals surface area contributed by atoms with Crippen LogP contribution in [0.15, 0.2) is 0 Å². The standard InChI is InChI=1S/C15H25NO3/c1-3-11-4-6-12(7-5-11)14(17)16(13-8-9-13)10(2)15(18)19/h10-13H,3-9H2,1-2H3,(H,18,19). The van der Waals surface area contributed by atoms with Crippen LogP contribution in [0.2, 0.25) is 0 Å². The molecule has 1 unspecified atom stereocenters. The summed E-state index contributed by atoms with van der Waals surface area (Å²) in [5, 5.41) is 9.16. The number of carbonyl (C=O) groups excluding carboxylic acids is 1. The first-order valence-corrected chi connectivity index (χ1v) is 7.59. The average molecular weight is 267 g/mol. The maximum absolute atomic E-state index is 12.6. The van der Waals surface area contributed by atoms with Crippen LogP contribution in [0, 0.1) is 11.8 Å². The van der Waals surface area contributed by atoms with Crippen LogP contribution in [-0.2, 0) is 9.59 Å². The van der Waals surface area contributed by atoms with Gasteiger partial charge in [-0.05, 0) is 51.4 Å². The largest absolute Gasteiger partial charge is 0.480 e. The van der Waals surface area contributed by atoms with Crippen molar-refractivity contribution in [1.29, 1.82) is 0 Å². The van der Waals surface area contributed by atoms with Gasteiger partial charge in [0.25, 0.3) is 0 Å². The summed E-state index contributed by atoms with van der Waals surface area (Å²) in [5.41, 5.74) is 0. The molecule has 0 aromatic heterocycles. The van der Waals surface area contributed by atoms with Crippen LogP contribution < -0.4 is 0 Å². The Hall–Kier alpha value is -1.06. The van der Waals surface area contributed by atoms with E-state index < -0.39 is 12.0 Å². The summed E-state index contributed by atoms with van der Waals surface area (Å²) in [6, 6.07) is -0.494. The fourth-order valence-corrected chi connectivity index (χ4v) is 3.19. The van der Waals surface area contributed by atoms with E-state index in [9.17, 15) is 9.59 Å². The Labute approximate surface area is 115 Å². The molecule has 2 rings (SSSR count). The van der Waals surface area contributed by atoms with Crippen LogP contribution in [-0.4, -0.2) is 34.0 Å². The minimum absolute atomic E-state index is 0.0604. The summed E-state index contributed by atoms with van der Waals surface area (Å²) < 4.78 is 0. The first-order chi connectivity index (χ1) is 9.04. The van der Waals surface area contributed by atoms with Gasteiger partial charge in [-0.15, -0.1) is 0 Å². The smallest absolute Gasteiger partial charge is 0.326 e. The van der Waals surface area contributed by atoms with Gasteiger partial charge in [-0.25, -0.2) is 4.79 Å². The molecule has 2 aliphatic carbocycles. The lowest BCUT2D eigenvalue weighted by Crippen LogP contribution is -2.47. The summed E-state index contributed by atoms with van der Waals surface area (Å²) in [6.45, 7) is 3.84. The van der Waals surface area contributed by atoms with Gasteiger partial charge < -0.3 is 10.0 Å². The molecule has 0 bridgehead atoms. The van der Waals surface area contributed by atoms with Crippen LogP contribution in [0.25, 0.3) is 0 Å². The number of aliphatic carboxylic acids is 1. The molecule has 0 aliphatic heterocycles. The topological polar surface area (TPSA) is 57.6 Å². The molecule has 0 spiro atoms. The summed E-state index contributed by atoms with van der Waals surface area (Å²) in [7, 11) is 0. The van der Waals surface area contributed by atoms with E-state index in [1.165, 1.54) is 6.42 Å². The van der Waals surface area contributed by atoms with E-state index in [1.807, 2.05) is 0 Å². The SMILES string of the molecule is CCC1CCC(C(=O)N(C2CC2)C(C)C(=O)O)CC1. The fourth-order valence-electron chi connectivity index (χ4n) is 3.19. The van der Waals surface area contributed by atoms with E-state index in [4.69, 9.17) is 5.11 Å². The van der Waals surface area contributed by atoms with Gasteiger partial charge in [0, 0.05) is 12.0 Å². The molecule has 0 radical (unpaired) electrons. The van der Waals surface area contributed by atoms with Gasteiger partial charge in [0.2, 0.25) is 5.91 Å². The minimum Gasteiger partial charge on any atom is -0.480 e. The molecule has 4 heteroatoms. The molecule has 2 saturated carbocycles. The van der Waals surface area contributed by atoms with Crippen molar-refractivity contribution in [2.75, 3.05) is 0 Å². The van der Waals surface area contributed by atoms with Crippen LogP contribution in [0.5, 0.6) is 0 Å². The predicted molar refractivity (Wildman–Crippen MR) is 72.7 cm³/mol. The zero-order valence-electron chi connectivity index (χ0n) is 12.0. The number of nitrogens with zero attached hydrogens (tertiary/aromatic N) is 1. The fraction of sp³-hybridized carbons (Fsp3) is 0.867. The second kappa shape index (κ2) is 5.93. The highest BCUT2D eigenvalue weighted by molar-refractivity contribution is 5.85. The molecular weight excluding hydrogens is 242 g/mol. The van der Waals surface area contributed by atoms with Crippen LogP contribution in [0.3, 0.4) is 0 Å². The summed E-state index contributed by atoms with van der Waals surface area (Å²) in [6.07, 6.45) is 7.24. The maximum atomic E-state index is 12.6. The normalized spacial score (nSPS) is 28.7. The van der Waals surface area contributed by atoms with Gasteiger partial charge in [-0.1, -0.05) is 13.3 Å². The average Bonchev–Trinajstić information content (AvgIpc) is 3.23. The van der Waals surface area contributed by atoms with E-state index in [0.29, 0.717) is 0 Å². The number of carbonyl (C=O) groups is 2. The molecular formula is C15H25NO3. The lowest BCUT2D eigenvalue weighted by Gasteiger charge is -2.34. The lowest BCUT2D eigenvalue weighted by molar-refractivity contribution is -0.152. The summed E-state index contributed by atoms with van der Waals surface area (Å²) in [5.74, 6) is 0.0231. The van der Waals surface area contributed by atoms with Crippen molar-refractivity contribution in [3.8, 4) is 0 Å². The molecule has 0 aromatic rings. The Morgan fingerprint density at radius 3 is 2.16 bits per heavy atom. The van der Waals surface area contributed by atoms with Crippen molar-refractivity contribution in [1.82, 2.24) is 4.90 Å². The Balaban J connectivity index is 1.98. The highest BCUT2D eigenvalue weighted by atomic mass is 16.4. The molecule has 1 amide bonds. The number of hydrogen-bond donors (Lipinski definition) is 1. The molecule has 1 N–H and O–H groups in total. The highest BCUT2D eigenvalue weighted by Gasteiger charge is 2.41. The molecule has 2 aliphatic rings. The molecule has 0 saturated heterocycles. The van der Waals surface area contributed by atoms with Crippen molar-refractivity contribution in [3.05, 3.63) is 0 Å². The number of amides is 1. The first-order valence-electron chi connectivity index (χ1n) is 7.59. The molecule has 19 heavy (non-hydrogen) atoms. The number of hydrogen-bond acceptors (Lipinski definition) is 2. The van der Waals surface area contributed by atoms with Crippen LogP contribution in [0.4, 0.5) is 0 Å². The third-order valence-electron chi connectivity index (χ3n) is 4.74. The second-order valence-corrected chi connectivity index (χ2v) is 6.12. The Bertz CT molecular complexity index is 343. The summed E-state index contributed by atoms with van der Waals surface area (Å²) in [4.78, 5) is 25.4. The number of carboxylic acids is 1. The molecule has 2 fully saturated rings. The van der Waals surface area contributed by atoms with Crippen molar-refractivity contribution < 1.29 is 14.7 Å². The Kier molecular flexibility index (Phi) is 4.48. The summed E-state index contributed by atoms with van der Waals surface area (Å²) >= 11 is 0. The van der Waals surface area contributed by atoms with E-state index >= 15 is 0 Å². The third kappa shape index (κ3) is 3.28. The zero-order chi connectivity index (χ0) is 14.0. The zero-order valence-corrected chi connectivity index (χ0v) is 12.0. The molecule has 4 nitrogen and oxygen atoms in total. The van der Waals surface area contributed by atoms with E-state index in [0.717, 1.165) is 44.4 Å². The van der Waals surface area contributed by atoms with Crippen molar-refractivity contribution >= 4 is 11.9 Å². The van der Waals surface area contributed by atoms with E-state index in [-0.39, 0.29) is 17.9 Å². The Morgan fingerprint density at radius 2 is 1.74 bits per heavy atom. The quantitative estimate of drug-likeness (QED) is 0.833. The predicted octanol–water partition coefficient (Wildman–Crippen LogP) is 2.67. The maximum Gasteiger partial charge on any atom is 0.326 e. The first kappa shape index (κ1) is 14.4. The van der Waals surface area contributed by atoms with Gasteiger partial charge in [-0.3, -0.25) is 4.79 Å². The highest BCUT2D eigenvalue weighted by Crippen LogP contribution is 2.36. The second-order valence-electron chi connectivity index (χ2n) is 6.12. The van der Waals surface area contributed by atoms with Crippen LogP contribution in [0.1, 0.15) is 58.8 Å². The van der Waals surface area contributed by atoms with Gasteiger partial charge >= 0.3 is 5.97 Å². The van der Waals surface area contributed by atoms with Crippen molar-refractivity contribution in [2.45, 2.75) is 70.9 Å².